The number of thiocarbonyl (C=S) groups is 1. The van der Waals surface area contributed by atoms with Crippen molar-refractivity contribution >= 4 is 34.8 Å². The van der Waals surface area contributed by atoms with Gasteiger partial charge in [-0.25, -0.2) is 0 Å². The van der Waals surface area contributed by atoms with E-state index in [1.165, 1.54) is 0 Å². The van der Waals surface area contributed by atoms with Crippen LogP contribution in [0.4, 0.5) is 5.82 Å². The van der Waals surface area contributed by atoms with Gasteiger partial charge in [0.2, 0.25) is 0 Å². The SMILES string of the molecule is Cc1nnc(N2CC(C)SC(C)C2)c(C(N)=S)c1C. The van der Waals surface area contributed by atoms with Crippen LogP contribution in [0.5, 0.6) is 0 Å². The maximum atomic E-state index is 5.89. The molecule has 2 heterocycles. The summed E-state index contributed by atoms with van der Waals surface area (Å²) in [7, 11) is 0. The van der Waals surface area contributed by atoms with Crippen molar-refractivity contribution in [2.24, 2.45) is 5.73 Å². The van der Waals surface area contributed by atoms with Crippen LogP contribution in [0.15, 0.2) is 0 Å². The molecule has 0 saturated carbocycles. The van der Waals surface area contributed by atoms with E-state index in [0.29, 0.717) is 15.5 Å². The molecule has 2 rings (SSSR count). The fourth-order valence-electron chi connectivity index (χ4n) is 2.46. The van der Waals surface area contributed by atoms with Crippen molar-refractivity contribution in [1.82, 2.24) is 10.2 Å². The summed E-state index contributed by atoms with van der Waals surface area (Å²) in [6, 6.07) is 0. The molecule has 4 nitrogen and oxygen atoms in total. The number of aromatic nitrogens is 2. The largest absolute Gasteiger partial charge is 0.389 e. The number of hydrogen-bond acceptors (Lipinski definition) is 5. The van der Waals surface area contributed by atoms with Gasteiger partial charge in [-0.05, 0) is 19.4 Å². The molecule has 6 heteroatoms. The quantitative estimate of drug-likeness (QED) is 0.843. The second kappa shape index (κ2) is 5.63. The van der Waals surface area contributed by atoms with E-state index in [2.05, 4.69) is 28.9 Å². The zero-order valence-corrected chi connectivity index (χ0v) is 13.4. The third kappa shape index (κ3) is 3.00. The van der Waals surface area contributed by atoms with Gasteiger partial charge in [-0.1, -0.05) is 26.1 Å². The van der Waals surface area contributed by atoms with E-state index >= 15 is 0 Å². The van der Waals surface area contributed by atoms with Crippen molar-refractivity contribution in [2.75, 3.05) is 18.0 Å². The normalized spacial score (nSPS) is 23.5. The average Bonchev–Trinajstić information content (AvgIpc) is 2.30. The lowest BCUT2D eigenvalue weighted by atomic mass is 10.1. The van der Waals surface area contributed by atoms with E-state index in [1.807, 2.05) is 25.6 Å². The van der Waals surface area contributed by atoms with Crippen molar-refractivity contribution in [1.29, 1.82) is 0 Å². The molecule has 0 spiro atoms. The van der Waals surface area contributed by atoms with Gasteiger partial charge in [-0.15, -0.1) is 5.10 Å². The molecule has 1 aliphatic heterocycles. The van der Waals surface area contributed by atoms with Crippen LogP contribution in [-0.2, 0) is 0 Å². The first-order valence-corrected chi connectivity index (χ1v) is 7.79. The predicted molar refractivity (Wildman–Crippen MR) is 86.1 cm³/mol. The molecule has 19 heavy (non-hydrogen) atoms. The van der Waals surface area contributed by atoms with E-state index < -0.39 is 0 Å². The molecule has 1 saturated heterocycles. The predicted octanol–water partition coefficient (Wildman–Crippen LogP) is 2.06. The molecule has 1 fully saturated rings. The fourth-order valence-corrected chi connectivity index (χ4v) is 4.03. The van der Waals surface area contributed by atoms with Gasteiger partial charge in [0, 0.05) is 23.6 Å². The van der Waals surface area contributed by atoms with E-state index in [0.717, 1.165) is 35.7 Å². The van der Waals surface area contributed by atoms with Crippen LogP contribution >= 0.6 is 24.0 Å². The minimum absolute atomic E-state index is 0.407. The number of anilines is 1. The Labute approximate surface area is 124 Å². The third-order valence-electron chi connectivity index (χ3n) is 3.40. The van der Waals surface area contributed by atoms with Gasteiger partial charge in [0.15, 0.2) is 5.82 Å². The van der Waals surface area contributed by atoms with Crippen LogP contribution < -0.4 is 10.6 Å². The summed E-state index contributed by atoms with van der Waals surface area (Å²) in [6.07, 6.45) is 0. The molecule has 0 aromatic carbocycles. The lowest BCUT2D eigenvalue weighted by molar-refractivity contribution is 0.708. The minimum atomic E-state index is 0.407. The Hall–Kier alpha value is -0.880. The lowest BCUT2D eigenvalue weighted by Crippen LogP contribution is -2.42. The Bertz CT molecular complexity index is 494. The van der Waals surface area contributed by atoms with Gasteiger partial charge >= 0.3 is 0 Å². The van der Waals surface area contributed by atoms with Gasteiger partial charge < -0.3 is 10.6 Å². The maximum absolute atomic E-state index is 5.89. The number of nitrogens with two attached hydrogens (primary N) is 1. The molecule has 1 aliphatic rings. The van der Waals surface area contributed by atoms with Crippen LogP contribution in [0.1, 0.15) is 30.7 Å². The second-order valence-electron chi connectivity index (χ2n) is 5.14. The molecule has 2 N–H and O–H groups in total. The van der Waals surface area contributed by atoms with Gasteiger partial charge in [0.25, 0.3) is 0 Å². The third-order valence-corrected chi connectivity index (χ3v) is 4.83. The highest BCUT2D eigenvalue weighted by Crippen LogP contribution is 2.30. The van der Waals surface area contributed by atoms with E-state index in [1.54, 1.807) is 0 Å². The lowest BCUT2D eigenvalue weighted by Gasteiger charge is -2.36. The number of thioether (sulfide) groups is 1. The number of hydrogen-bond donors (Lipinski definition) is 1. The standard InChI is InChI=1S/C13H20N4S2/c1-7-5-17(6-8(2)19-7)13-11(12(14)18)9(3)10(4)15-16-13/h7-8H,5-6H2,1-4H3,(H2,14,18). The van der Waals surface area contributed by atoms with Crippen molar-refractivity contribution < 1.29 is 0 Å². The molecule has 0 radical (unpaired) electrons. The van der Waals surface area contributed by atoms with Crippen molar-refractivity contribution in [2.45, 2.75) is 38.2 Å². The van der Waals surface area contributed by atoms with Crippen LogP contribution in [0.25, 0.3) is 0 Å². The topological polar surface area (TPSA) is 55.0 Å². The Kier molecular flexibility index (Phi) is 4.30. The summed E-state index contributed by atoms with van der Waals surface area (Å²) in [5.74, 6) is 0.842. The zero-order chi connectivity index (χ0) is 14.2. The molecule has 104 valence electrons. The van der Waals surface area contributed by atoms with Crippen molar-refractivity contribution in [3.63, 3.8) is 0 Å². The fraction of sp³-hybridized carbons (Fsp3) is 0.615. The number of rotatable bonds is 2. The molecule has 0 aliphatic carbocycles. The first-order chi connectivity index (χ1) is 8.90. The summed E-state index contributed by atoms with van der Waals surface area (Å²) in [5.41, 5.74) is 8.70. The van der Waals surface area contributed by atoms with Gasteiger partial charge in [0.05, 0.1) is 11.3 Å². The Balaban J connectivity index is 2.44. The number of nitrogens with zero attached hydrogens (tertiary/aromatic N) is 3. The Morgan fingerprint density at radius 3 is 2.37 bits per heavy atom. The molecule has 0 bridgehead atoms. The molecule has 2 unspecified atom stereocenters. The van der Waals surface area contributed by atoms with Gasteiger partial charge in [-0.2, -0.15) is 16.9 Å². The summed E-state index contributed by atoms with van der Waals surface area (Å²) < 4.78 is 0. The monoisotopic (exact) mass is 296 g/mol. The van der Waals surface area contributed by atoms with E-state index in [4.69, 9.17) is 18.0 Å². The first-order valence-electron chi connectivity index (χ1n) is 6.44. The minimum Gasteiger partial charge on any atom is -0.389 e. The maximum Gasteiger partial charge on any atom is 0.161 e. The molecule has 1 aromatic heterocycles. The van der Waals surface area contributed by atoms with Gasteiger partial charge in [-0.3, -0.25) is 0 Å². The van der Waals surface area contributed by atoms with Gasteiger partial charge in [0.1, 0.15) is 4.99 Å². The molecule has 1 aromatic rings. The zero-order valence-electron chi connectivity index (χ0n) is 11.8. The molecule has 0 amide bonds. The highest BCUT2D eigenvalue weighted by molar-refractivity contribution is 8.00. The summed E-state index contributed by atoms with van der Waals surface area (Å²) in [5, 5.41) is 9.74. The molecule has 2 atom stereocenters. The highest BCUT2D eigenvalue weighted by atomic mass is 32.2. The molecular formula is C13H20N4S2. The smallest absolute Gasteiger partial charge is 0.161 e. The first kappa shape index (κ1) is 14.5. The second-order valence-corrected chi connectivity index (χ2v) is 7.46. The summed E-state index contributed by atoms with van der Waals surface area (Å²) in [4.78, 5) is 2.67. The van der Waals surface area contributed by atoms with Crippen LogP contribution in [0, 0.1) is 13.8 Å². The summed E-state index contributed by atoms with van der Waals surface area (Å²) in [6.45, 7) is 10.3. The molecular weight excluding hydrogens is 276 g/mol. The summed E-state index contributed by atoms with van der Waals surface area (Å²) >= 11 is 7.21. The van der Waals surface area contributed by atoms with Crippen molar-refractivity contribution in [3.05, 3.63) is 16.8 Å². The van der Waals surface area contributed by atoms with Crippen LogP contribution in [0.3, 0.4) is 0 Å². The van der Waals surface area contributed by atoms with Crippen LogP contribution in [0.2, 0.25) is 0 Å². The van der Waals surface area contributed by atoms with E-state index in [9.17, 15) is 0 Å². The van der Waals surface area contributed by atoms with Crippen LogP contribution in [-0.4, -0.2) is 38.8 Å². The highest BCUT2D eigenvalue weighted by Gasteiger charge is 2.26. The Morgan fingerprint density at radius 1 is 1.26 bits per heavy atom. The average molecular weight is 296 g/mol. The number of aryl methyl sites for hydroxylation is 1. The van der Waals surface area contributed by atoms with E-state index in [-0.39, 0.29) is 0 Å². The Morgan fingerprint density at radius 2 is 1.84 bits per heavy atom. The van der Waals surface area contributed by atoms with Crippen molar-refractivity contribution in [3.8, 4) is 0 Å².